The van der Waals surface area contributed by atoms with Crippen molar-refractivity contribution in [2.45, 2.75) is 45.2 Å². The molecule has 112 valence electrons. The highest BCUT2D eigenvalue weighted by atomic mass is 16.4. The first-order chi connectivity index (χ1) is 10.1. The average molecular weight is 289 g/mol. The van der Waals surface area contributed by atoms with Crippen LogP contribution in [0, 0.1) is 5.92 Å². The standard InChI is InChI=1S/C14H19N5O2/c1-8(2)5-10(14(20)21)18-12-11-13(16-6-15-12)19(7-17-11)9-3-4-9/h6-10H,3-5H2,1-2H3,(H,20,21)(H,15,16,18)/t10-/m0/s1. The number of anilines is 1. The maximum atomic E-state index is 11.4. The lowest BCUT2D eigenvalue weighted by atomic mass is 10.0. The number of imidazole rings is 1. The lowest BCUT2D eigenvalue weighted by molar-refractivity contribution is -0.138. The zero-order valence-electron chi connectivity index (χ0n) is 12.2. The Balaban J connectivity index is 1.90. The minimum absolute atomic E-state index is 0.278. The van der Waals surface area contributed by atoms with Crippen LogP contribution in [0.15, 0.2) is 12.7 Å². The molecule has 1 saturated carbocycles. The molecule has 2 aromatic rings. The summed E-state index contributed by atoms with van der Waals surface area (Å²) in [6, 6.07) is -0.196. The van der Waals surface area contributed by atoms with Crippen LogP contribution in [-0.4, -0.2) is 36.6 Å². The molecule has 0 radical (unpaired) electrons. The van der Waals surface area contributed by atoms with Gasteiger partial charge in [0.2, 0.25) is 0 Å². The summed E-state index contributed by atoms with van der Waals surface area (Å²) in [5.74, 6) is -0.107. The van der Waals surface area contributed by atoms with E-state index in [0.717, 1.165) is 18.5 Å². The SMILES string of the molecule is CC(C)C[C@H](Nc1ncnc2c1ncn2C1CC1)C(=O)O. The van der Waals surface area contributed by atoms with Crippen LogP contribution in [0.25, 0.3) is 11.2 Å². The van der Waals surface area contributed by atoms with Crippen LogP contribution in [-0.2, 0) is 4.79 Å². The van der Waals surface area contributed by atoms with E-state index in [-0.39, 0.29) is 5.92 Å². The summed E-state index contributed by atoms with van der Waals surface area (Å²) in [5.41, 5.74) is 1.41. The molecule has 0 aromatic carbocycles. The molecule has 2 aromatic heterocycles. The van der Waals surface area contributed by atoms with E-state index in [1.807, 2.05) is 18.4 Å². The lowest BCUT2D eigenvalue weighted by Crippen LogP contribution is -2.31. The van der Waals surface area contributed by atoms with Crippen molar-refractivity contribution in [3.8, 4) is 0 Å². The van der Waals surface area contributed by atoms with Crippen LogP contribution in [0.3, 0.4) is 0 Å². The maximum absolute atomic E-state index is 11.4. The molecule has 0 bridgehead atoms. The molecule has 2 heterocycles. The summed E-state index contributed by atoms with van der Waals surface area (Å²) >= 11 is 0. The first-order valence-corrected chi connectivity index (χ1v) is 7.23. The second kappa shape index (κ2) is 5.31. The highest BCUT2D eigenvalue weighted by Crippen LogP contribution is 2.37. The molecular formula is C14H19N5O2. The summed E-state index contributed by atoms with van der Waals surface area (Å²) in [6.45, 7) is 3.99. The van der Waals surface area contributed by atoms with E-state index in [4.69, 9.17) is 0 Å². The fourth-order valence-corrected chi connectivity index (χ4v) is 2.44. The van der Waals surface area contributed by atoms with Crippen LogP contribution in [0.5, 0.6) is 0 Å². The Kier molecular flexibility index (Phi) is 3.48. The molecule has 0 saturated heterocycles. The van der Waals surface area contributed by atoms with Gasteiger partial charge in [-0.15, -0.1) is 0 Å². The summed E-state index contributed by atoms with van der Waals surface area (Å²) in [6.07, 6.45) is 6.04. The highest BCUT2D eigenvalue weighted by Gasteiger charge is 2.27. The largest absolute Gasteiger partial charge is 0.480 e. The second-order valence-electron chi connectivity index (χ2n) is 5.94. The van der Waals surface area contributed by atoms with Gasteiger partial charge in [-0.2, -0.15) is 0 Å². The van der Waals surface area contributed by atoms with E-state index < -0.39 is 12.0 Å². The Labute approximate surface area is 122 Å². The van der Waals surface area contributed by atoms with Gasteiger partial charge < -0.3 is 15.0 Å². The zero-order valence-corrected chi connectivity index (χ0v) is 12.2. The van der Waals surface area contributed by atoms with Crippen molar-refractivity contribution in [2.75, 3.05) is 5.32 Å². The number of nitrogens with one attached hydrogen (secondary N) is 1. The molecule has 1 fully saturated rings. The van der Waals surface area contributed by atoms with Crippen LogP contribution in [0.2, 0.25) is 0 Å². The Morgan fingerprint density at radius 3 is 2.81 bits per heavy atom. The van der Waals surface area contributed by atoms with Crippen molar-refractivity contribution in [2.24, 2.45) is 5.92 Å². The van der Waals surface area contributed by atoms with E-state index in [1.54, 1.807) is 6.33 Å². The number of fused-ring (bicyclic) bond motifs is 1. The van der Waals surface area contributed by atoms with Gasteiger partial charge in [-0.1, -0.05) is 13.8 Å². The Hall–Kier alpha value is -2.18. The van der Waals surface area contributed by atoms with Gasteiger partial charge in [-0.3, -0.25) is 0 Å². The van der Waals surface area contributed by atoms with Gasteiger partial charge in [0, 0.05) is 6.04 Å². The lowest BCUT2D eigenvalue weighted by Gasteiger charge is -2.17. The van der Waals surface area contributed by atoms with Gasteiger partial charge in [0.05, 0.1) is 6.33 Å². The molecule has 3 rings (SSSR count). The topological polar surface area (TPSA) is 92.9 Å². The fourth-order valence-electron chi connectivity index (χ4n) is 2.44. The number of carbonyl (C=O) groups is 1. The van der Waals surface area contributed by atoms with E-state index in [2.05, 4.69) is 20.3 Å². The molecular weight excluding hydrogens is 270 g/mol. The van der Waals surface area contributed by atoms with Gasteiger partial charge in [-0.05, 0) is 25.2 Å². The van der Waals surface area contributed by atoms with E-state index in [0.29, 0.717) is 23.8 Å². The molecule has 21 heavy (non-hydrogen) atoms. The van der Waals surface area contributed by atoms with Crippen LogP contribution >= 0.6 is 0 Å². The molecule has 0 spiro atoms. The van der Waals surface area contributed by atoms with Crippen molar-refractivity contribution in [1.82, 2.24) is 19.5 Å². The molecule has 7 nitrogen and oxygen atoms in total. The quantitative estimate of drug-likeness (QED) is 0.845. The number of carboxylic acid groups (broad SMARTS) is 1. The Morgan fingerprint density at radius 2 is 2.19 bits per heavy atom. The predicted molar refractivity (Wildman–Crippen MR) is 78.1 cm³/mol. The number of carboxylic acids is 1. The number of hydrogen-bond acceptors (Lipinski definition) is 5. The monoisotopic (exact) mass is 289 g/mol. The van der Waals surface area contributed by atoms with Crippen molar-refractivity contribution in [1.29, 1.82) is 0 Å². The Morgan fingerprint density at radius 1 is 1.43 bits per heavy atom. The molecule has 0 unspecified atom stereocenters. The van der Waals surface area contributed by atoms with Gasteiger partial charge in [0.1, 0.15) is 17.9 Å². The normalized spacial score (nSPS) is 16.3. The summed E-state index contributed by atoms with van der Waals surface area (Å²) in [5, 5.41) is 12.3. The third-order valence-electron chi connectivity index (χ3n) is 3.62. The van der Waals surface area contributed by atoms with Crippen LogP contribution in [0.1, 0.15) is 39.2 Å². The summed E-state index contributed by atoms with van der Waals surface area (Å²) < 4.78 is 2.04. The minimum atomic E-state index is -0.878. The minimum Gasteiger partial charge on any atom is -0.480 e. The Bertz CT molecular complexity index is 662. The first kappa shape index (κ1) is 13.8. The van der Waals surface area contributed by atoms with E-state index >= 15 is 0 Å². The van der Waals surface area contributed by atoms with Crippen LogP contribution < -0.4 is 5.32 Å². The number of aromatic nitrogens is 4. The molecule has 0 aliphatic heterocycles. The smallest absolute Gasteiger partial charge is 0.326 e. The number of aliphatic carboxylic acids is 1. The zero-order chi connectivity index (χ0) is 15.0. The van der Waals surface area contributed by atoms with Crippen LogP contribution in [0.4, 0.5) is 5.82 Å². The molecule has 1 aliphatic carbocycles. The maximum Gasteiger partial charge on any atom is 0.326 e. The van der Waals surface area contributed by atoms with E-state index in [9.17, 15) is 9.90 Å². The molecule has 1 atom stereocenters. The average Bonchev–Trinajstić information content (AvgIpc) is 3.17. The highest BCUT2D eigenvalue weighted by molar-refractivity contribution is 5.86. The van der Waals surface area contributed by atoms with Crippen molar-refractivity contribution < 1.29 is 9.90 Å². The van der Waals surface area contributed by atoms with E-state index in [1.165, 1.54) is 6.33 Å². The van der Waals surface area contributed by atoms with Gasteiger partial charge >= 0.3 is 5.97 Å². The van der Waals surface area contributed by atoms with Gasteiger partial charge in [-0.25, -0.2) is 19.7 Å². The third-order valence-corrected chi connectivity index (χ3v) is 3.62. The molecule has 1 aliphatic rings. The van der Waals surface area contributed by atoms with Crippen molar-refractivity contribution >= 4 is 23.0 Å². The number of rotatable bonds is 6. The second-order valence-corrected chi connectivity index (χ2v) is 5.94. The van der Waals surface area contributed by atoms with Gasteiger partial charge in [0.25, 0.3) is 0 Å². The third kappa shape index (κ3) is 2.81. The first-order valence-electron chi connectivity index (χ1n) is 7.23. The number of hydrogen-bond donors (Lipinski definition) is 2. The summed E-state index contributed by atoms with van der Waals surface area (Å²) in [4.78, 5) is 24.2. The predicted octanol–water partition coefficient (Wildman–Crippen LogP) is 2.07. The number of nitrogens with zero attached hydrogens (tertiary/aromatic N) is 4. The molecule has 2 N–H and O–H groups in total. The van der Waals surface area contributed by atoms with Crippen molar-refractivity contribution in [3.63, 3.8) is 0 Å². The molecule has 0 amide bonds. The summed E-state index contributed by atoms with van der Waals surface area (Å²) in [7, 11) is 0. The van der Waals surface area contributed by atoms with Gasteiger partial charge in [0.15, 0.2) is 11.5 Å². The fraction of sp³-hybridized carbons (Fsp3) is 0.571. The molecule has 7 heteroatoms. The van der Waals surface area contributed by atoms with Crippen molar-refractivity contribution in [3.05, 3.63) is 12.7 Å².